The average Bonchev–Trinajstić information content (AvgIpc) is 2.69. The zero-order valence-electron chi connectivity index (χ0n) is 17.9. The molecule has 1 aliphatic heterocycles. The largest absolute Gasteiger partial charge is 0.416 e. The first-order valence-corrected chi connectivity index (χ1v) is 10.0. The Balaban J connectivity index is 0.00000240. The molecular weight excluding hydrogens is 450 g/mol. The van der Waals surface area contributed by atoms with Crippen molar-refractivity contribution in [1.29, 1.82) is 0 Å². The molecule has 2 heterocycles. The monoisotopic (exact) mass is 479 g/mol. The van der Waals surface area contributed by atoms with E-state index in [2.05, 4.69) is 32.4 Å². The number of hydrogen-bond acceptors (Lipinski definition) is 5. The van der Waals surface area contributed by atoms with Gasteiger partial charge >= 0.3 is 6.18 Å². The standard InChI is InChI=1S/C21H28F3N5.2ClH/c1-4-6-15-12-19(29-10-5-7-17(13-29)25-3)28-20(26-15)27-16-9-8-14(2)18(11-16)21(22,23)24;;/h8-9,11-12,17,25H,4-7,10,13H2,1-3H3,(H,26,27,28);2*1H/t17-;;/m1../s1. The van der Waals surface area contributed by atoms with E-state index < -0.39 is 11.7 Å². The van der Waals surface area contributed by atoms with Gasteiger partial charge in [0.05, 0.1) is 5.56 Å². The molecule has 174 valence electrons. The fourth-order valence-electron chi connectivity index (χ4n) is 3.64. The number of hydrogen-bond donors (Lipinski definition) is 2. The highest BCUT2D eigenvalue weighted by molar-refractivity contribution is 5.85. The molecule has 1 atom stereocenters. The van der Waals surface area contributed by atoms with Crippen molar-refractivity contribution in [3.8, 4) is 0 Å². The molecule has 2 N–H and O–H groups in total. The molecule has 0 bridgehead atoms. The summed E-state index contributed by atoms with van der Waals surface area (Å²) >= 11 is 0. The van der Waals surface area contributed by atoms with Crippen molar-refractivity contribution in [1.82, 2.24) is 15.3 Å². The van der Waals surface area contributed by atoms with Crippen LogP contribution in [0.25, 0.3) is 0 Å². The van der Waals surface area contributed by atoms with Crippen molar-refractivity contribution in [2.24, 2.45) is 0 Å². The fourth-order valence-corrected chi connectivity index (χ4v) is 3.64. The molecule has 31 heavy (non-hydrogen) atoms. The minimum absolute atomic E-state index is 0. The Hall–Kier alpha value is -1.77. The van der Waals surface area contributed by atoms with Gasteiger partial charge in [0.1, 0.15) is 5.82 Å². The zero-order valence-corrected chi connectivity index (χ0v) is 19.6. The molecule has 0 unspecified atom stereocenters. The second-order valence-electron chi connectivity index (χ2n) is 7.52. The summed E-state index contributed by atoms with van der Waals surface area (Å²) in [4.78, 5) is 11.3. The van der Waals surface area contributed by atoms with Crippen LogP contribution in [0.3, 0.4) is 0 Å². The third-order valence-electron chi connectivity index (χ3n) is 5.22. The van der Waals surface area contributed by atoms with E-state index in [1.54, 1.807) is 6.07 Å². The second-order valence-corrected chi connectivity index (χ2v) is 7.52. The lowest BCUT2D eigenvalue weighted by Crippen LogP contribution is -2.44. The molecule has 0 amide bonds. The smallest absolute Gasteiger partial charge is 0.355 e. The van der Waals surface area contributed by atoms with Gasteiger partial charge in [0, 0.05) is 36.6 Å². The fraction of sp³-hybridized carbons (Fsp3) is 0.524. The van der Waals surface area contributed by atoms with Gasteiger partial charge in [0.25, 0.3) is 0 Å². The van der Waals surface area contributed by atoms with E-state index in [1.165, 1.54) is 13.0 Å². The number of rotatable bonds is 6. The first kappa shape index (κ1) is 27.3. The Morgan fingerprint density at radius 1 is 1.16 bits per heavy atom. The molecule has 0 radical (unpaired) electrons. The molecule has 0 aliphatic carbocycles. The molecule has 1 aliphatic rings. The SMILES string of the molecule is CCCc1cc(N2CCC[C@@H](NC)C2)nc(Nc2ccc(C)c(C(F)(F)F)c2)n1.Cl.Cl. The van der Waals surface area contributed by atoms with Gasteiger partial charge in [-0.3, -0.25) is 0 Å². The first-order valence-electron chi connectivity index (χ1n) is 10.0. The number of aryl methyl sites for hydroxylation is 2. The molecule has 5 nitrogen and oxygen atoms in total. The second kappa shape index (κ2) is 11.7. The van der Waals surface area contributed by atoms with Crippen molar-refractivity contribution in [2.75, 3.05) is 30.4 Å². The number of nitrogens with zero attached hydrogens (tertiary/aromatic N) is 3. The summed E-state index contributed by atoms with van der Waals surface area (Å²) in [5, 5.41) is 6.30. The molecule has 1 fully saturated rings. The van der Waals surface area contributed by atoms with E-state index in [0.29, 0.717) is 17.7 Å². The van der Waals surface area contributed by atoms with Gasteiger partial charge in [-0.25, -0.2) is 4.98 Å². The van der Waals surface area contributed by atoms with Crippen LogP contribution in [0, 0.1) is 6.92 Å². The molecule has 10 heteroatoms. The third kappa shape index (κ3) is 7.12. The number of alkyl halides is 3. The Bertz CT molecular complexity index is 848. The van der Waals surface area contributed by atoms with Crippen molar-refractivity contribution < 1.29 is 13.2 Å². The predicted octanol–water partition coefficient (Wildman–Crippen LogP) is 5.53. The van der Waals surface area contributed by atoms with Crippen molar-refractivity contribution >= 4 is 42.3 Å². The van der Waals surface area contributed by atoms with Crippen molar-refractivity contribution in [3.05, 3.63) is 41.1 Å². The lowest BCUT2D eigenvalue weighted by Gasteiger charge is -2.33. The highest BCUT2D eigenvalue weighted by Crippen LogP contribution is 2.34. The van der Waals surface area contributed by atoms with Gasteiger partial charge < -0.3 is 15.5 Å². The first-order chi connectivity index (χ1) is 13.8. The number of benzene rings is 1. The van der Waals surface area contributed by atoms with Crippen LogP contribution in [-0.2, 0) is 12.6 Å². The van der Waals surface area contributed by atoms with Gasteiger partial charge in [-0.05, 0) is 50.9 Å². The van der Waals surface area contributed by atoms with Gasteiger partial charge in [0.15, 0.2) is 0 Å². The van der Waals surface area contributed by atoms with Crippen molar-refractivity contribution in [3.63, 3.8) is 0 Å². The maximum atomic E-state index is 13.2. The van der Waals surface area contributed by atoms with Gasteiger partial charge in [-0.2, -0.15) is 18.2 Å². The Morgan fingerprint density at radius 2 is 1.90 bits per heavy atom. The summed E-state index contributed by atoms with van der Waals surface area (Å²) in [6.07, 6.45) is -0.496. The molecule has 3 rings (SSSR count). The Kier molecular flexibility index (Phi) is 10.3. The molecule has 1 aromatic heterocycles. The zero-order chi connectivity index (χ0) is 21.0. The van der Waals surface area contributed by atoms with E-state index in [-0.39, 0.29) is 30.4 Å². The van der Waals surface area contributed by atoms with Crippen molar-refractivity contribution in [2.45, 2.75) is 51.7 Å². The maximum absolute atomic E-state index is 13.2. The summed E-state index contributed by atoms with van der Waals surface area (Å²) in [5.74, 6) is 1.14. The lowest BCUT2D eigenvalue weighted by molar-refractivity contribution is -0.138. The van der Waals surface area contributed by atoms with Crippen LogP contribution < -0.4 is 15.5 Å². The number of piperidine rings is 1. The Morgan fingerprint density at radius 3 is 2.55 bits per heavy atom. The van der Waals surface area contributed by atoms with Crippen LogP contribution in [-0.4, -0.2) is 36.1 Å². The quantitative estimate of drug-likeness (QED) is 0.570. The number of halogens is 5. The van der Waals surface area contributed by atoms with Gasteiger partial charge in [-0.1, -0.05) is 19.4 Å². The topological polar surface area (TPSA) is 53.1 Å². The molecule has 0 saturated carbocycles. The highest BCUT2D eigenvalue weighted by atomic mass is 35.5. The van der Waals surface area contributed by atoms with Crippen LogP contribution in [0.4, 0.5) is 30.6 Å². The highest BCUT2D eigenvalue weighted by Gasteiger charge is 2.32. The summed E-state index contributed by atoms with van der Waals surface area (Å²) in [6, 6.07) is 6.59. The number of likely N-dealkylation sites (N-methyl/N-ethyl adjacent to an activating group) is 1. The number of aromatic nitrogens is 2. The summed E-state index contributed by atoms with van der Waals surface area (Å²) in [7, 11) is 1.96. The molecule has 1 aromatic carbocycles. The number of anilines is 3. The molecule has 2 aromatic rings. The lowest BCUT2D eigenvalue weighted by atomic mass is 10.1. The minimum atomic E-state index is -4.40. The molecule has 0 spiro atoms. The van der Waals surface area contributed by atoms with E-state index >= 15 is 0 Å². The van der Waals surface area contributed by atoms with Gasteiger partial charge in [-0.15, -0.1) is 24.8 Å². The van der Waals surface area contributed by atoms with E-state index in [4.69, 9.17) is 0 Å². The number of nitrogens with one attached hydrogen (secondary N) is 2. The summed E-state index contributed by atoms with van der Waals surface area (Å²) in [6.45, 7) is 5.28. The van der Waals surface area contributed by atoms with Crippen LogP contribution in [0.5, 0.6) is 0 Å². The third-order valence-corrected chi connectivity index (χ3v) is 5.22. The van der Waals surface area contributed by atoms with Crippen LogP contribution in [0.2, 0.25) is 0 Å². The van der Waals surface area contributed by atoms with E-state index in [0.717, 1.165) is 56.4 Å². The molecular formula is C21H30Cl2F3N5. The normalized spacial score (nSPS) is 16.3. The average molecular weight is 480 g/mol. The van der Waals surface area contributed by atoms with Crippen LogP contribution >= 0.6 is 24.8 Å². The van der Waals surface area contributed by atoms with Crippen LogP contribution in [0.1, 0.15) is 43.0 Å². The maximum Gasteiger partial charge on any atom is 0.416 e. The van der Waals surface area contributed by atoms with E-state index in [1.807, 2.05) is 13.1 Å². The Labute approximate surface area is 194 Å². The molecule has 1 saturated heterocycles. The van der Waals surface area contributed by atoms with Crippen LogP contribution in [0.15, 0.2) is 24.3 Å². The van der Waals surface area contributed by atoms with E-state index in [9.17, 15) is 13.2 Å². The minimum Gasteiger partial charge on any atom is -0.355 e. The van der Waals surface area contributed by atoms with Gasteiger partial charge in [0.2, 0.25) is 5.95 Å². The summed E-state index contributed by atoms with van der Waals surface area (Å²) in [5.41, 5.74) is 0.750. The predicted molar refractivity (Wildman–Crippen MR) is 124 cm³/mol. The summed E-state index contributed by atoms with van der Waals surface area (Å²) < 4.78 is 39.7.